The Morgan fingerprint density at radius 1 is 0.919 bits per heavy atom. The van der Waals surface area contributed by atoms with Gasteiger partial charge in [0.2, 0.25) is 5.91 Å². The van der Waals surface area contributed by atoms with E-state index < -0.39 is 0 Å². The van der Waals surface area contributed by atoms with Crippen LogP contribution >= 0.6 is 0 Å². The minimum Gasteiger partial charge on any atom is -0.335 e. The van der Waals surface area contributed by atoms with Crippen LogP contribution in [0.5, 0.6) is 0 Å². The minimum absolute atomic E-state index is 0.0449. The Balaban J connectivity index is 1.28. The SMILES string of the molecule is O=C(Nc1cncc(-c2ccc3[nH]nc(-c4nc5c(-c6cccc(F)c6)cncc5[nH]4)c3c2)c1)C1CC1. The van der Waals surface area contributed by atoms with Gasteiger partial charge in [0.25, 0.3) is 0 Å². The second kappa shape index (κ2) is 8.34. The monoisotopic (exact) mass is 489 g/mol. The van der Waals surface area contributed by atoms with E-state index in [1.807, 2.05) is 30.3 Å². The summed E-state index contributed by atoms with van der Waals surface area (Å²) in [4.78, 5) is 29.0. The van der Waals surface area contributed by atoms with Gasteiger partial charge < -0.3 is 10.3 Å². The Bertz CT molecular complexity index is 1820. The second-order valence-electron chi connectivity index (χ2n) is 9.24. The van der Waals surface area contributed by atoms with Gasteiger partial charge in [0.15, 0.2) is 5.82 Å². The van der Waals surface area contributed by atoms with Gasteiger partial charge in [-0.1, -0.05) is 18.2 Å². The lowest BCUT2D eigenvalue weighted by atomic mass is 10.0. The number of nitrogens with zero attached hydrogens (tertiary/aromatic N) is 4. The van der Waals surface area contributed by atoms with Gasteiger partial charge in [0, 0.05) is 34.8 Å². The predicted octanol–water partition coefficient (Wildman–Crippen LogP) is 5.72. The first-order valence-corrected chi connectivity index (χ1v) is 12.0. The lowest BCUT2D eigenvalue weighted by Gasteiger charge is -2.07. The van der Waals surface area contributed by atoms with Crippen molar-refractivity contribution in [1.82, 2.24) is 30.1 Å². The summed E-state index contributed by atoms with van der Waals surface area (Å²) in [5, 5.41) is 11.4. The van der Waals surface area contributed by atoms with Crippen molar-refractivity contribution in [2.75, 3.05) is 5.32 Å². The van der Waals surface area contributed by atoms with Crippen molar-refractivity contribution in [1.29, 1.82) is 0 Å². The smallest absolute Gasteiger partial charge is 0.227 e. The molecular weight excluding hydrogens is 469 g/mol. The average molecular weight is 490 g/mol. The summed E-state index contributed by atoms with van der Waals surface area (Å²) in [5.74, 6) is 0.423. The maximum Gasteiger partial charge on any atom is 0.227 e. The Morgan fingerprint density at radius 3 is 2.68 bits per heavy atom. The fraction of sp³-hybridized carbons (Fsp3) is 0.107. The van der Waals surface area contributed by atoms with E-state index >= 15 is 0 Å². The molecule has 0 atom stereocenters. The molecule has 0 bridgehead atoms. The van der Waals surface area contributed by atoms with E-state index in [1.54, 1.807) is 30.9 Å². The Morgan fingerprint density at radius 2 is 1.81 bits per heavy atom. The lowest BCUT2D eigenvalue weighted by Crippen LogP contribution is -2.13. The number of H-pyrrole nitrogens is 2. The number of nitrogens with one attached hydrogen (secondary N) is 3. The van der Waals surface area contributed by atoms with Crippen molar-refractivity contribution in [2.24, 2.45) is 5.92 Å². The van der Waals surface area contributed by atoms with E-state index in [9.17, 15) is 9.18 Å². The van der Waals surface area contributed by atoms with E-state index in [4.69, 9.17) is 4.98 Å². The van der Waals surface area contributed by atoms with Crippen molar-refractivity contribution in [3.05, 3.63) is 79.1 Å². The van der Waals surface area contributed by atoms with Gasteiger partial charge >= 0.3 is 0 Å². The quantitative estimate of drug-likeness (QED) is 0.287. The molecule has 37 heavy (non-hydrogen) atoms. The molecule has 3 N–H and O–H groups in total. The number of aromatic nitrogens is 6. The van der Waals surface area contributed by atoms with E-state index in [0.717, 1.165) is 46.0 Å². The Hall–Kier alpha value is -4.92. The van der Waals surface area contributed by atoms with Gasteiger partial charge in [-0.25, -0.2) is 9.37 Å². The van der Waals surface area contributed by atoms with Gasteiger partial charge in [0.1, 0.15) is 11.5 Å². The molecule has 1 aliphatic carbocycles. The molecule has 0 radical (unpaired) electrons. The number of fused-ring (bicyclic) bond motifs is 2. The Labute approximate surface area is 210 Å². The van der Waals surface area contributed by atoms with Crippen LogP contribution in [0, 0.1) is 11.7 Å². The lowest BCUT2D eigenvalue weighted by molar-refractivity contribution is -0.117. The number of hydrogen-bond donors (Lipinski definition) is 3. The number of halogens is 1. The van der Waals surface area contributed by atoms with Crippen molar-refractivity contribution in [3.63, 3.8) is 0 Å². The molecule has 6 aromatic rings. The number of imidazole rings is 1. The van der Waals surface area contributed by atoms with Gasteiger partial charge in [-0.3, -0.25) is 19.9 Å². The van der Waals surface area contributed by atoms with Crippen molar-refractivity contribution >= 4 is 33.5 Å². The van der Waals surface area contributed by atoms with Crippen LogP contribution in [-0.4, -0.2) is 36.0 Å². The zero-order valence-electron chi connectivity index (χ0n) is 19.5. The number of anilines is 1. The first-order valence-electron chi connectivity index (χ1n) is 12.0. The van der Waals surface area contributed by atoms with Gasteiger partial charge in [-0.2, -0.15) is 5.10 Å². The fourth-order valence-corrected chi connectivity index (χ4v) is 4.54. The Kier molecular flexibility index (Phi) is 4.81. The molecule has 0 spiro atoms. The van der Waals surface area contributed by atoms with Crippen LogP contribution in [0.4, 0.5) is 10.1 Å². The summed E-state index contributed by atoms with van der Waals surface area (Å²) in [6.45, 7) is 0. The number of carbonyl (C=O) groups is 1. The highest BCUT2D eigenvalue weighted by atomic mass is 19.1. The van der Waals surface area contributed by atoms with Crippen molar-refractivity contribution in [3.8, 4) is 33.8 Å². The minimum atomic E-state index is -0.318. The summed E-state index contributed by atoms with van der Waals surface area (Å²) in [6.07, 6.45) is 8.70. The summed E-state index contributed by atoms with van der Waals surface area (Å²) >= 11 is 0. The molecule has 1 aliphatic rings. The molecule has 0 unspecified atom stereocenters. The number of hydrogen-bond acceptors (Lipinski definition) is 5. The van der Waals surface area contributed by atoms with Gasteiger partial charge in [-0.15, -0.1) is 0 Å². The van der Waals surface area contributed by atoms with Gasteiger partial charge in [-0.05, 0) is 54.3 Å². The molecule has 1 amide bonds. The maximum absolute atomic E-state index is 13.9. The highest BCUT2D eigenvalue weighted by molar-refractivity contribution is 5.98. The molecule has 4 heterocycles. The molecule has 9 heteroatoms. The highest BCUT2D eigenvalue weighted by Gasteiger charge is 2.29. The van der Waals surface area contributed by atoms with Crippen LogP contribution in [0.3, 0.4) is 0 Å². The summed E-state index contributed by atoms with van der Waals surface area (Å²) < 4.78 is 13.9. The van der Waals surface area contributed by atoms with E-state index in [1.165, 1.54) is 12.1 Å². The molecule has 0 saturated heterocycles. The molecule has 0 aliphatic heterocycles. The largest absolute Gasteiger partial charge is 0.335 e. The molecule has 4 aromatic heterocycles. The standard InChI is InChI=1S/C28H20FN7O/c29-19-3-1-2-17(8-19)22-13-31-14-24-25(22)34-27(33-24)26-21-10-16(6-7-23(21)35-36-26)18-9-20(12-30-11-18)32-28(37)15-4-5-15/h1-3,6-15H,4-5H2,(H,32,37)(H,33,34)(H,35,36). The van der Waals surface area contributed by atoms with Crippen molar-refractivity contribution in [2.45, 2.75) is 12.8 Å². The average Bonchev–Trinajstić information content (AvgIpc) is 3.55. The number of carbonyl (C=O) groups excluding carboxylic acids is 1. The molecule has 1 fully saturated rings. The van der Waals surface area contributed by atoms with Crippen LogP contribution in [-0.2, 0) is 4.79 Å². The number of benzene rings is 2. The van der Waals surface area contributed by atoms with Crippen molar-refractivity contribution < 1.29 is 9.18 Å². The van der Waals surface area contributed by atoms with Crippen LogP contribution in [0.15, 0.2) is 73.3 Å². The van der Waals surface area contributed by atoms with E-state index in [-0.39, 0.29) is 17.6 Å². The summed E-state index contributed by atoms with van der Waals surface area (Å²) in [7, 11) is 0. The van der Waals surface area contributed by atoms with Gasteiger partial charge in [0.05, 0.1) is 34.6 Å². The number of amides is 1. The summed E-state index contributed by atoms with van der Waals surface area (Å²) in [6, 6.07) is 14.3. The van der Waals surface area contributed by atoms with Crippen LogP contribution in [0.25, 0.3) is 55.7 Å². The number of aromatic amines is 2. The molecular formula is C28H20FN7O. The molecule has 8 nitrogen and oxygen atoms in total. The predicted molar refractivity (Wildman–Crippen MR) is 139 cm³/mol. The normalized spacial score (nSPS) is 13.3. The molecule has 180 valence electrons. The second-order valence-corrected chi connectivity index (χ2v) is 9.24. The van der Waals surface area contributed by atoms with E-state index in [2.05, 4.69) is 30.5 Å². The molecule has 1 saturated carbocycles. The number of pyridine rings is 2. The zero-order valence-corrected chi connectivity index (χ0v) is 19.5. The third kappa shape index (κ3) is 3.90. The first-order chi connectivity index (χ1) is 18.1. The van der Waals surface area contributed by atoms with Crippen LogP contribution < -0.4 is 5.32 Å². The molecule has 7 rings (SSSR count). The third-order valence-corrected chi connectivity index (χ3v) is 6.60. The van der Waals surface area contributed by atoms with E-state index in [0.29, 0.717) is 28.3 Å². The molecule has 2 aromatic carbocycles. The topological polar surface area (TPSA) is 112 Å². The zero-order chi connectivity index (χ0) is 24.9. The summed E-state index contributed by atoms with van der Waals surface area (Å²) in [5.41, 5.74) is 6.85. The van der Waals surface area contributed by atoms with Crippen LogP contribution in [0.2, 0.25) is 0 Å². The fourth-order valence-electron chi connectivity index (χ4n) is 4.54. The first kappa shape index (κ1) is 21.4. The highest BCUT2D eigenvalue weighted by Crippen LogP contribution is 2.34. The van der Waals surface area contributed by atoms with Crippen LogP contribution in [0.1, 0.15) is 12.8 Å². The number of rotatable bonds is 5. The third-order valence-electron chi connectivity index (χ3n) is 6.60. The maximum atomic E-state index is 13.9.